The standard InChI is InChI=1S/C15H15N5O3S/c1-3-22-12-7-5-4-6-10(12)17-14(21)18-15-20-19-13(23-15)11-8-24-9(2)16-11/h4-8H,3H2,1-2H3,(H2,17,18,20,21). The molecule has 0 aliphatic heterocycles. The van der Waals surface area contributed by atoms with Gasteiger partial charge in [-0.05, 0) is 26.0 Å². The zero-order valence-corrected chi connectivity index (χ0v) is 13.9. The molecule has 3 aromatic rings. The van der Waals surface area contributed by atoms with E-state index in [0.717, 1.165) is 5.01 Å². The Balaban J connectivity index is 1.66. The molecule has 0 aliphatic carbocycles. The van der Waals surface area contributed by atoms with Gasteiger partial charge in [-0.1, -0.05) is 17.2 Å². The first kappa shape index (κ1) is 15.9. The van der Waals surface area contributed by atoms with Crippen molar-refractivity contribution in [3.05, 3.63) is 34.7 Å². The summed E-state index contributed by atoms with van der Waals surface area (Å²) in [5.74, 6) is 0.837. The number of hydrogen-bond acceptors (Lipinski definition) is 7. The van der Waals surface area contributed by atoms with Crippen molar-refractivity contribution >= 4 is 29.1 Å². The minimum absolute atomic E-state index is 0.0120. The highest BCUT2D eigenvalue weighted by Gasteiger charge is 2.14. The van der Waals surface area contributed by atoms with Gasteiger partial charge in [0.25, 0.3) is 5.89 Å². The molecular weight excluding hydrogens is 330 g/mol. The second-order valence-electron chi connectivity index (χ2n) is 4.67. The molecule has 1 aromatic carbocycles. The van der Waals surface area contributed by atoms with Crippen LogP contribution in [0.25, 0.3) is 11.6 Å². The fraction of sp³-hybridized carbons (Fsp3) is 0.200. The van der Waals surface area contributed by atoms with E-state index in [1.807, 2.05) is 25.3 Å². The first-order chi connectivity index (χ1) is 11.7. The molecule has 0 saturated carbocycles. The molecule has 24 heavy (non-hydrogen) atoms. The Morgan fingerprint density at radius 2 is 2.12 bits per heavy atom. The summed E-state index contributed by atoms with van der Waals surface area (Å²) in [6.07, 6.45) is 0. The summed E-state index contributed by atoms with van der Waals surface area (Å²) in [6, 6.07) is 6.62. The van der Waals surface area contributed by atoms with Gasteiger partial charge in [0.2, 0.25) is 0 Å². The van der Waals surface area contributed by atoms with E-state index < -0.39 is 6.03 Å². The van der Waals surface area contributed by atoms with Gasteiger partial charge in [-0.3, -0.25) is 5.32 Å². The number of benzene rings is 1. The van der Waals surface area contributed by atoms with Crippen LogP contribution in [0.3, 0.4) is 0 Å². The Morgan fingerprint density at radius 3 is 2.88 bits per heavy atom. The number of aromatic nitrogens is 3. The lowest BCUT2D eigenvalue weighted by molar-refractivity contribution is 0.261. The van der Waals surface area contributed by atoms with Gasteiger partial charge < -0.3 is 14.5 Å². The normalized spacial score (nSPS) is 10.4. The molecule has 0 radical (unpaired) electrons. The quantitative estimate of drug-likeness (QED) is 0.733. The van der Waals surface area contributed by atoms with Gasteiger partial charge in [0, 0.05) is 5.38 Å². The number of thiazole rings is 1. The van der Waals surface area contributed by atoms with Crippen LogP contribution in [0, 0.1) is 6.92 Å². The Kier molecular flexibility index (Phi) is 4.71. The van der Waals surface area contributed by atoms with Gasteiger partial charge in [0.15, 0.2) is 0 Å². The summed E-state index contributed by atoms with van der Waals surface area (Å²) in [5.41, 5.74) is 1.13. The minimum atomic E-state index is -0.508. The maximum Gasteiger partial charge on any atom is 0.327 e. The summed E-state index contributed by atoms with van der Waals surface area (Å²) in [5, 5.41) is 15.5. The van der Waals surface area contributed by atoms with Gasteiger partial charge in [0.1, 0.15) is 11.4 Å². The Labute approximate surface area is 141 Å². The summed E-state index contributed by atoms with van der Waals surface area (Å²) < 4.78 is 10.8. The zero-order valence-electron chi connectivity index (χ0n) is 13.1. The van der Waals surface area contributed by atoms with Crippen molar-refractivity contribution in [1.29, 1.82) is 0 Å². The molecule has 9 heteroatoms. The second-order valence-corrected chi connectivity index (χ2v) is 5.73. The number of nitrogens with one attached hydrogen (secondary N) is 2. The van der Waals surface area contributed by atoms with Crippen molar-refractivity contribution in [2.24, 2.45) is 0 Å². The number of hydrogen-bond donors (Lipinski definition) is 2. The molecule has 2 N–H and O–H groups in total. The number of carbonyl (C=O) groups excluding carboxylic acids is 1. The molecule has 0 bridgehead atoms. The number of amides is 2. The largest absolute Gasteiger partial charge is 0.492 e. The number of rotatable bonds is 5. The van der Waals surface area contributed by atoms with Gasteiger partial charge in [-0.25, -0.2) is 9.78 Å². The van der Waals surface area contributed by atoms with Crippen molar-refractivity contribution < 1.29 is 13.9 Å². The fourth-order valence-electron chi connectivity index (χ4n) is 1.94. The highest BCUT2D eigenvalue weighted by molar-refractivity contribution is 7.09. The van der Waals surface area contributed by atoms with Crippen molar-refractivity contribution in [3.8, 4) is 17.3 Å². The smallest absolute Gasteiger partial charge is 0.327 e. The Hall–Kier alpha value is -2.94. The maximum atomic E-state index is 12.1. The lowest BCUT2D eigenvalue weighted by atomic mass is 10.3. The third-order valence-electron chi connectivity index (χ3n) is 2.92. The van der Waals surface area contributed by atoms with Crippen molar-refractivity contribution in [2.75, 3.05) is 17.2 Å². The second kappa shape index (κ2) is 7.09. The SMILES string of the molecule is CCOc1ccccc1NC(=O)Nc1nnc(-c2csc(C)n2)o1. The van der Waals surface area contributed by atoms with Gasteiger partial charge in [-0.2, -0.15) is 0 Å². The van der Waals surface area contributed by atoms with Crippen molar-refractivity contribution in [2.45, 2.75) is 13.8 Å². The Bertz CT molecular complexity index is 845. The maximum absolute atomic E-state index is 12.1. The Morgan fingerprint density at radius 1 is 1.29 bits per heavy atom. The summed E-state index contributed by atoms with van der Waals surface area (Å²) in [4.78, 5) is 16.3. The van der Waals surface area contributed by atoms with E-state index in [2.05, 4.69) is 25.8 Å². The lowest BCUT2D eigenvalue weighted by Crippen LogP contribution is -2.20. The molecule has 0 aliphatic rings. The van der Waals surface area contributed by atoms with Gasteiger partial charge in [-0.15, -0.1) is 16.4 Å². The van der Waals surface area contributed by atoms with E-state index in [1.165, 1.54) is 11.3 Å². The molecule has 124 valence electrons. The average molecular weight is 345 g/mol. The molecule has 0 saturated heterocycles. The number of carbonyl (C=O) groups is 1. The van der Waals surface area contributed by atoms with Crippen molar-refractivity contribution in [1.82, 2.24) is 15.2 Å². The highest BCUT2D eigenvalue weighted by atomic mass is 32.1. The van der Waals surface area contributed by atoms with Crippen molar-refractivity contribution in [3.63, 3.8) is 0 Å². The van der Waals surface area contributed by atoms with Crippen LogP contribution in [0.2, 0.25) is 0 Å². The molecule has 8 nitrogen and oxygen atoms in total. The lowest BCUT2D eigenvalue weighted by Gasteiger charge is -2.10. The van der Waals surface area contributed by atoms with Crippen LogP contribution in [-0.2, 0) is 0 Å². The van der Waals surface area contributed by atoms with Crippen LogP contribution < -0.4 is 15.4 Å². The molecule has 0 atom stereocenters. The zero-order chi connectivity index (χ0) is 16.9. The van der Waals surface area contributed by atoms with Crippen LogP contribution in [0.4, 0.5) is 16.5 Å². The number of para-hydroxylation sites is 2. The molecule has 2 heterocycles. The topological polar surface area (TPSA) is 102 Å². The van der Waals surface area contributed by atoms with E-state index in [9.17, 15) is 4.79 Å². The molecule has 2 amide bonds. The van der Waals surface area contributed by atoms with E-state index in [1.54, 1.807) is 18.2 Å². The summed E-state index contributed by atoms with van der Waals surface area (Å²) >= 11 is 1.48. The predicted molar refractivity (Wildman–Crippen MR) is 90.4 cm³/mol. The number of nitrogens with zero attached hydrogens (tertiary/aromatic N) is 3. The van der Waals surface area contributed by atoms with Crippen LogP contribution in [0.1, 0.15) is 11.9 Å². The predicted octanol–water partition coefficient (Wildman–Crippen LogP) is 3.54. The first-order valence-electron chi connectivity index (χ1n) is 7.21. The van der Waals surface area contributed by atoms with E-state index in [-0.39, 0.29) is 11.9 Å². The van der Waals surface area contributed by atoms with E-state index in [4.69, 9.17) is 9.15 Å². The highest BCUT2D eigenvalue weighted by Crippen LogP contribution is 2.24. The molecular formula is C15H15N5O3S. The minimum Gasteiger partial charge on any atom is -0.492 e. The van der Waals surface area contributed by atoms with Crippen LogP contribution in [0.15, 0.2) is 34.1 Å². The van der Waals surface area contributed by atoms with Gasteiger partial charge >= 0.3 is 12.0 Å². The number of anilines is 2. The molecule has 0 spiro atoms. The molecule has 0 fully saturated rings. The fourth-order valence-corrected chi connectivity index (χ4v) is 2.53. The van der Waals surface area contributed by atoms with E-state index in [0.29, 0.717) is 23.7 Å². The third kappa shape index (κ3) is 3.69. The monoisotopic (exact) mass is 345 g/mol. The summed E-state index contributed by atoms with van der Waals surface area (Å²) in [6.45, 7) is 4.25. The van der Waals surface area contributed by atoms with Gasteiger partial charge in [0.05, 0.1) is 17.3 Å². The molecule has 3 rings (SSSR count). The number of urea groups is 1. The van der Waals surface area contributed by atoms with Crippen LogP contribution in [0.5, 0.6) is 5.75 Å². The molecule has 0 unspecified atom stereocenters. The third-order valence-corrected chi connectivity index (χ3v) is 3.69. The van der Waals surface area contributed by atoms with E-state index >= 15 is 0 Å². The first-order valence-corrected chi connectivity index (χ1v) is 8.09. The number of ether oxygens (including phenoxy) is 1. The van der Waals surface area contributed by atoms with Crippen LogP contribution >= 0.6 is 11.3 Å². The average Bonchev–Trinajstić information content (AvgIpc) is 3.18. The molecule has 2 aromatic heterocycles. The number of aryl methyl sites for hydroxylation is 1. The van der Waals surface area contributed by atoms with Crippen LogP contribution in [-0.4, -0.2) is 27.8 Å². The summed E-state index contributed by atoms with van der Waals surface area (Å²) in [7, 11) is 0.